The summed E-state index contributed by atoms with van der Waals surface area (Å²) in [5.41, 5.74) is 1.22. The summed E-state index contributed by atoms with van der Waals surface area (Å²) in [6.45, 7) is 12.2. The molecule has 0 radical (unpaired) electrons. The van der Waals surface area contributed by atoms with Crippen LogP contribution in [0.3, 0.4) is 0 Å². The van der Waals surface area contributed by atoms with Gasteiger partial charge in [-0.1, -0.05) is 64.2 Å². The number of allylic oxidation sites excluding steroid dienone is 6. The smallest absolute Gasteiger partial charge is 0.328 e. The van der Waals surface area contributed by atoms with Gasteiger partial charge in [0.05, 0.1) is 30.2 Å². The van der Waals surface area contributed by atoms with E-state index in [1.807, 2.05) is 44.2 Å². The Bertz CT molecular complexity index is 1960. The van der Waals surface area contributed by atoms with Crippen molar-refractivity contribution in [2.24, 2.45) is 29.6 Å². The predicted molar refractivity (Wildman–Crippen MR) is 262 cm³/mol. The minimum atomic E-state index is -3.12. The van der Waals surface area contributed by atoms with E-state index in [0.717, 1.165) is 16.9 Å². The van der Waals surface area contributed by atoms with Gasteiger partial charge >= 0.3 is 5.97 Å². The number of carbonyl (C=O) groups excluding carboxylic acids is 5. The fourth-order valence-corrected chi connectivity index (χ4v) is 10.1. The van der Waals surface area contributed by atoms with Gasteiger partial charge in [0.2, 0.25) is 5.79 Å². The lowest BCUT2D eigenvalue weighted by Gasteiger charge is -2.41. The number of fused-ring (bicyclic) bond motifs is 2. The number of methoxy groups -OCH3 is 3. The first-order valence-electron chi connectivity index (χ1n) is 24.6. The summed E-state index contributed by atoms with van der Waals surface area (Å²) in [6, 6.07) is -1.32. The molecule has 0 aromatic rings. The lowest BCUT2D eigenvalue weighted by Crippen LogP contribution is -2.59. The number of hydrogen-bond donors (Lipinski definition) is 2. The molecule has 0 aromatic heterocycles. The molecule has 2 heterocycles. The maximum absolute atomic E-state index is 14.1. The lowest BCUT2D eigenvalue weighted by atomic mass is 9.78. The first-order chi connectivity index (χ1) is 32.4. The number of hydrogen-bond acceptors (Lipinski definition) is 15. The molecule has 17 heteroatoms. The molecule has 1 saturated carbocycles. The number of cyclic esters (lactones) is 1. The first kappa shape index (κ1) is 59.9. The maximum atomic E-state index is 14.1. The number of rotatable bonds is 11. The van der Waals surface area contributed by atoms with Gasteiger partial charge in [-0.3, -0.25) is 19.2 Å². The minimum Gasteiger partial charge on any atom is -0.460 e. The molecule has 0 spiro atoms. The summed E-state index contributed by atoms with van der Waals surface area (Å²) in [4.78, 5) is 70.5. The molecule has 2 fully saturated rings. The van der Waals surface area contributed by atoms with Crippen LogP contribution in [0.15, 0.2) is 47.6 Å². The van der Waals surface area contributed by atoms with Gasteiger partial charge in [-0.25, -0.2) is 13.2 Å². The first-order valence-corrected chi connectivity index (χ1v) is 26.7. The molecular formula is C52H83NO15S. The molecule has 7 unspecified atom stereocenters. The van der Waals surface area contributed by atoms with E-state index < -0.39 is 87.6 Å². The fourth-order valence-electron chi connectivity index (χ4n) is 9.47. The largest absolute Gasteiger partial charge is 0.460 e. The number of ether oxygens (including phenoxy) is 6. The molecule has 1 saturated heterocycles. The molecule has 1 amide bonds. The van der Waals surface area contributed by atoms with Crippen LogP contribution in [0.25, 0.3) is 0 Å². The number of esters is 1. The van der Waals surface area contributed by atoms with Gasteiger partial charge in [0.15, 0.2) is 5.78 Å². The third-order valence-corrected chi connectivity index (χ3v) is 15.4. The number of sulfone groups is 1. The molecule has 2 N–H and O–H groups in total. The van der Waals surface area contributed by atoms with E-state index >= 15 is 0 Å². The number of amides is 1. The number of carbonyl (C=O) groups is 5. The van der Waals surface area contributed by atoms with E-state index in [1.54, 1.807) is 48.0 Å². The van der Waals surface area contributed by atoms with Crippen molar-refractivity contribution in [1.29, 1.82) is 0 Å². The predicted octanol–water partition coefficient (Wildman–Crippen LogP) is 5.86. The van der Waals surface area contributed by atoms with Gasteiger partial charge in [-0.2, -0.15) is 0 Å². The zero-order chi connectivity index (χ0) is 51.8. The summed E-state index contributed by atoms with van der Waals surface area (Å²) >= 11 is 0. The summed E-state index contributed by atoms with van der Waals surface area (Å²) in [6.07, 6.45) is 12.1. The van der Waals surface area contributed by atoms with Gasteiger partial charge in [0.1, 0.15) is 40.0 Å². The van der Waals surface area contributed by atoms with Crippen LogP contribution >= 0.6 is 0 Å². The molecule has 3 rings (SSSR count). The Morgan fingerprint density at radius 2 is 1.58 bits per heavy atom. The van der Waals surface area contributed by atoms with Crippen molar-refractivity contribution in [3.63, 3.8) is 0 Å². The molecule has 0 aromatic carbocycles. The zero-order valence-electron chi connectivity index (χ0n) is 43.2. The van der Waals surface area contributed by atoms with E-state index in [0.29, 0.717) is 63.4 Å². The molecule has 392 valence electrons. The van der Waals surface area contributed by atoms with Gasteiger partial charge in [-0.05, 0) is 102 Å². The monoisotopic (exact) mass is 994 g/mol. The number of aliphatic hydroxyl groups is 2. The Labute approximate surface area is 411 Å². The van der Waals surface area contributed by atoms with Crippen molar-refractivity contribution < 1.29 is 71.0 Å². The number of likely N-dealkylation sites (N-methyl/N-ethyl adjacent to an activating group) is 1. The fraction of sp³-hybridized carbons (Fsp3) is 0.750. The average molecular weight is 994 g/mol. The van der Waals surface area contributed by atoms with Gasteiger partial charge < -0.3 is 43.5 Å². The Morgan fingerprint density at radius 3 is 2.22 bits per heavy atom. The molecule has 2 bridgehead atoms. The van der Waals surface area contributed by atoms with Crippen molar-refractivity contribution in [3.8, 4) is 0 Å². The van der Waals surface area contributed by atoms with E-state index in [-0.39, 0.29) is 54.4 Å². The minimum absolute atomic E-state index is 0.0246. The second-order valence-corrected chi connectivity index (χ2v) is 22.2. The summed E-state index contributed by atoms with van der Waals surface area (Å²) < 4.78 is 58.7. The molecule has 2 aliphatic heterocycles. The number of Topliss-reactive ketones (excluding diaryl/α,β-unsaturated/α-hetero) is 3. The second-order valence-electron chi connectivity index (χ2n) is 19.9. The summed E-state index contributed by atoms with van der Waals surface area (Å²) in [7, 11) is 2.67. The van der Waals surface area contributed by atoms with Crippen LogP contribution < -0.4 is 0 Å². The Kier molecular flexibility index (Phi) is 24.3. The average Bonchev–Trinajstić information content (AvgIpc) is 3.30. The Hall–Kier alpha value is -3.42. The third kappa shape index (κ3) is 17.7. The topological polar surface area (TPSA) is 219 Å². The van der Waals surface area contributed by atoms with Crippen LogP contribution in [0.1, 0.15) is 119 Å². The van der Waals surface area contributed by atoms with Crippen LogP contribution in [0.2, 0.25) is 0 Å². The SMILES string of the molecule is COC1C[C@H]2CC[C@H](C)[C@](O)(O2)C(=O)C(=O)N(C)C(C)C(=O)OC([C@H](C)C[C@@H]2CC[C@@H](OCCCS(C)(=O)=O)[C@H](OC)C2)CC(=O)C(C)/C=C(/C)C(O)C(OC)C(=O)C(C)CC\C=C/C=C\C=C/1C. The second kappa shape index (κ2) is 28.0. The highest BCUT2D eigenvalue weighted by molar-refractivity contribution is 7.90. The Morgan fingerprint density at radius 1 is 0.884 bits per heavy atom. The van der Waals surface area contributed by atoms with Crippen molar-refractivity contribution in [3.05, 3.63) is 47.6 Å². The van der Waals surface area contributed by atoms with E-state index in [1.165, 1.54) is 27.3 Å². The molecule has 1 aliphatic carbocycles. The van der Waals surface area contributed by atoms with Crippen molar-refractivity contribution in [1.82, 2.24) is 4.90 Å². The third-order valence-electron chi connectivity index (χ3n) is 14.4. The molecule has 14 atom stereocenters. The summed E-state index contributed by atoms with van der Waals surface area (Å²) in [5, 5.41) is 23.2. The number of ketones is 3. The highest BCUT2D eigenvalue weighted by Gasteiger charge is 2.52. The van der Waals surface area contributed by atoms with Gasteiger partial charge in [-0.15, -0.1) is 0 Å². The molecule has 69 heavy (non-hydrogen) atoms. The highest BCUT2D eigenvalue weighted by atomic mass is 32.2. The zero-order valence-corrected chi connectivity index (χ0v) is 44.0. The van der Waals surface area contributed by atoms with Gasteiger partial charge in [0, 0.05) is 71.8 Å². The lowest BCUT2D eigenvalue weighted by molar-refractivity contribution is -0.265. The number of nitrogens with zero attached hydrogens (tertiary/aromatic N) is 1. The number of aliphatic hydroxyl groups excluding tert-OH is 1. The van der Waals surface area contributed by atoms with E-state index in [9.17, 15) is 42.6 Å². The van der Waals surface area contributed by atoms with Crippen LogP contribution in [0, 0.1) is 29.6 Å². The standard InChI is InChI=1S/C52H83NO15S/c1-32-19-16-14-13-15-17-20-33(2)46(55)48(65-11)47(56)36(5)27-34(3)41(54)31-44(35(4)28-39-22-24-42(45(29-39)64-10)66-25-18-26-69(12,61)62)67-51(59)38(7)53(8)50(58)49(57)52(60)37(6)21-23-40(68-52)30-43(32)63-9/h13-16,19,27,33-35,37-40,42-45,47-48,56,60H,17-18,20-26,28-31H2,1-12H3/b15-13-,16-14-,32-19-,36-27-/t33?,34?,35-,37+,38?,39+,40-,42-,43?,44?,45-,47?,48?,52+/m1/s1. The quantitative estimate of drug-likeness (QED) is 0.107. The Balaban J connectivity index is 1.96. The molecular weight excluding hydrogens is 911 g/mol. The van der Waals surface area contributed by atoms with Crippen LogP contribution in [0.4, 0.5) is 0 Å². The van der Waals surface area contributed by atoms with E-state index in [4.69, 9.17) is 28.4 Å². The normalized spacial score (nSPS) is 37.0. The van der Waals surface area contributed by atoms with Gasteiger partial charge in [0.25, 0.3) is 11.7 Å². The van der Waals surface area contributed by atoms with Crippen molar-refractivity contribution in [2.45, 2.75) is 174 Å². The molecule has 3 aliphatic rings. The maximum Gasteiger partial charge on any atom is 0.328 e. The van der Waals surface area contributed by atoms with Crippen molar-refractivity contribution >= 4 is 39.1 Å². The van der Waals surface area contributed by atoms with E-state index in [2.05, 4.69) is 0 Å². The van der Waals surface area contributed by atoms with Crippen LogP contribution in [-0.4, -0.2) is 154 Å². The van der Waals surface area contributed by atoms with Crippen LogP contribution in [-0.2, 0) is 62.2 Å². The highest BCUT2D eigenvalue weighted by Crippen LogP contribution is 2.37. The molecule has 16 nitrogen and oxygen atoms in total. The summed E-state index contributed by atoms with van der Waals surface area (Å²) in [5.74, 6) is -8.51. The van der Waals surface area contributed by atoms with Crippen LogP contribution in [0.5, 0.6) is 0 Å². The van der Waals surface area contributed by atoms with Crippen molar-refractivity contribution in [2.75, 3.05) is 47.0 Å².